The number of rotatable bonds is 3. The van der Waals surface area contributed by atoms with Crippen LogP contribution in [-0.2, 0) is 14.3 Å². The van der Waals surface area contributed by atoms with Gasteiger partial charge in [-0.2, -0.15) is 0 Å². The van der Waals surface area contributed by atoms with Gasteiger partial charge in [0.25, 0.3) is 0 Å². The van der Waals surface area contributed by atoms with Gasteiger partial charge in [-0.05, 0) is 6.08 Å². The molecule has 4 heteroatoms. The van der Waals surface area contributed by atoms with E-state index in [1.807, 2.05) is 0 Å². The van der Waals surface area contributed by atoms with Crippen LogP contribution in [0.1, 0.15) is 0 Å². The van der Waals surface area contributed by atoms with E-state index in [-0.39, 0.29) is 12.0 Å². The molecular weight excluding hydrogens is 170 g/mol. The Morgan fingerprint density at radius 2 is 2.62 bits per heavy atom. The summed E-state index contributed by atoms with van der Waals surface area (Å²) in [7, 11) is 1.62. The molecular formula is C9H15NO3. The number of amides is 1. The van der Waals surface area contributed by atoms with Gasteiger partial charge < -0.3 is 14.4 Å². The van der Waals surface area contributed by atoms with Crippen LogP contribution in [0.3, 0.4) is 0 Å². The first-order valence-electron chi connectivity index (χ1n) is 4.29. The molecule has 0 aromatic rings. The predicted octanol–water partition coefficient (Wildman–Crippen LogP) is 0.0462. The molecule has 0 saturated carbocycles. The first-order chi connectivity index (χ1) is 6.27. The number of methoxy groups -OCH3 is 1. The largest absolute Gasteiger partial charge is 0.382 e. The second-order valence-electron chi connectivity index (χ2n) is 2.94. The average Bonchev–Trinajstić information content (AvgIpc) is 2.18. The van der Waals surface area contributed by atoms with Gasteiger partial charge in [-0.1, -0.05) is 6.58 Å². The zero-order chi connectivity index (χ0) is 9.68. The molecule has 1 saturated heterocycles. The van der Waals surface area contributed by atoms with Gasteiger partial charge in [0.15, 0.2) is 0 Å². The zero-order valence-corrected chi connectivity index (χ0v) is 7.86. The highest BCUT2D eigenvalue weighted by atomic mass is 16.5. The SMILES string of the molecule is C=CC(=O)N1CCO[C@H](COC)C1. The van der Waals surface area contributed by atoms with E-state index in [0.29, 0.717) is 26.3 Å². The van der Waals surface area contributed by atoms with E-state index >= 15 is 0 Å². The Labute approximate surface area is 78.1 Å². The average molecular weight is 185 g/mol. The summed E-state index contributed by atoms with van der Waals surface area (Å²) in [4.78, 5) is 13.0. The Kier molecular flexibility index (Phi) is 3.92. The molecule has 0 radical (unpaired) electrons. The molecule has 1 rings (SSSR count). The fourth-order valence-corrected chi connectivity index (χ4v) is 1.34. The second kappa shape index (κ2) is 4.99. The second-order valence-corrected chi connectivity index (χ2v) is 2.94. The zero-order valence-electron chi connectivity index (χ0n) is 7.86. The molecule has 1 aliphatic rings. The van der Waals surface area contributed by atoms with Gasteiger partial charge in [0.05, 0.1) is 19.3 Å². The lowest BCUT2D eigenvalue weighted by Crippen LogP contribution is -2.46. The van der Waals surface area contributed by atoms with Crippen molar-refractivity contribution in [1.82, 2.24) is 4.90 Å². The highest BCUT2D eigenvalue weighted by molar-refractivity contribution is 5.87. The molecule has 0 aromatic carbocycles. The highest BCUT2D eigenvalue weighted by Gasteiger charge is 2.22. The smallest absolute Gasteiger partial charge is 0.246 e. The van der Waals surface area contributed by atoms with Crippen LogP contribution in [-0.4, -0.2) is 50.3 Å². The van der Waals surface area contributed by atoms with Crippen LogP contribution >= 0.6 is 0 Å². The van der Waals surface area contributed by atoms with Gasteiger partial charge in [-0.3, -0.25) is 4.79 Å². The molecule has 1 atom stereocenters. The Balaban J connectivity index is 2.41. The van der Waals surface area contributed by atoms with E-state index in [4.69, 9.17) is 9.47 Å². The number of hydrogen-bond donors (Lipinski definition) is 0. The van der Waals surface area contributed by atoms with Crippen molar-refractivity contribution >= 4 is 5.91 Å². The first-order valence-corrected chi connectivity index (χ1v) is 4.29. The molecule has 1 aliphatic heterocycles. The minimum Gasteiger partial charge on any atom is -0.382 e. The number of carbonyl (C=O) groups excluding carboxylic acids is 1. The third kappa shape index (κ3) is 2.82. The highest BCUT2D eigenvalue weighted by Crippen LogP contribution is 2.05. The van der Waals surface area contributed by atoms with Gasteiger partial charge in [0.1, 0.15) is 0 Å². The van der Waals surface area contributed by atoms with Crippen molar-refractivity contribution in [3.63, 3.8) is 0 Å². The van der Waals surface area contributed by atoms with Crippen molar-refractivity contribution in [2.45, 2.75) is 6.10 Å². The van der Waals surface area contributed by atoms with Crippen LogP contribution in [0.4, 0.5) is 0 Å². The maximum Gasteiger partial charge on any atom is 0.246 e. The lowest BCUT2D eigenvalue weighted by atomic mass is 10.3. The number of ether oxygens (including phenoxy) is 2. The maximum absolute atomic E-state index is 11.2. The minimum atomic E-state index is -0.0376. The quantitative estimate of drug-likeness (QED) is 0.583. The van der Waals surface area contributed by atoms with E-state index in [0.717, 1.165) is 0 Å². The fraction of sp³-hybridized carbons (Fsp3) is 0.667. The molecule has 0 aromatic heterocycles. The van der Waals surface area contributed by atoms with Crippen molar-refractivity contribution < 1.29 is 14.3 Å². The Bertz CT molecular complexity index is 191. The van der Waals surface area contributed by atoms with Gasteiger partial charge in [0, 0.05) is 20.2 Å². The lowest BCUT2D eigenvalue weighted by Gasteiger charge is -2.31. The van der Waals surface area contributed by atoms with Crippen LogP contribution in [0.15, 0.2) is 12.7 Å². The van der Waals surface area contributed by atoms with Crippen molar-refractivity contribution in [2.24, 2.45) is 0 Å². The summed E-state index contributed by atoms with van der Waals surface area (Å²) in [6.45, 7) is 5.79. The standard InChI is InChI=1S/C9H15NO3/c1-3-9(11)10-4-5-13-8(6-10)7-12-2/h3,8H,1,4-7H2,2H3/t8-/m0/s1. The summed E-state index contributed by atoms with van der Waals surface area (Å²) in [5.74, 6) is -0.0376. The van der Waals surface area contributed by atoms with E-state index in [9.17, 15) is 4.79 Å². The molecule has 1 heterocycles. The third-order valence-corrected chi connectivity index (χ3v) is 1.98. The van der Waals surface area contributed by atoms with Gasteiger partial charge in [0.2, 0.25) is 5.91 Å². The number of carbonyl (C=O) groups is 1. The summed E-state index contributed by atoms with van der Waals surface area (Å²) in [5.41, 5.74) is 0. The van der Waals surface area contributed by atoms with Crippen molar-refractivity contribution in [1.29, 1.82) is 0 Å². The first kappa shape index (κ1) is 10.2. The Hall–Kier alpha value is -0.870. The number of nitrogens with zero attached hydrogens (tertiary/aromatic N) is 1. The normalized spacial score (nSPS) is 22.8. The third-order valence-electron chi connectivity index (χ3n) is 1.98. The number of hydrogen-bond acceptors (Lipinski definition) is 3. The van der Waals surface area contributed by atoms with Crippen LogP contribution in [0.5, 0.6) is 0 Å². The summed E-state index contributed by atoms with van der Waals surface area (Å²) in [6, 6.07) is 0. The molecule has 0 unspecified atom stereocenters. The number of morpholine rings is 1. The molecule has 1 fully saturated rings. The topological polar surface area (TPSA) is 38.8 Å². The lowest BCUT2D eigenvalue weighted by molar-refractivity contribution is -0.135. The summed E-state index contributed by atoms with van der Waals surface area (Å²) >= 11 is 0. The van der Waals surface area contributed by atoms with Gasteiger partial charge >= 0.3 is 0 Å². The van der Waals surface area contributed by atoms with Crippen LogP contribution in [0, 0.1) is 0 Å². The predicted molar refractivity (Wildman–Crippen MR) is 48.4 cm³/mol. The summed E-state index contributed by atoms with van der Waals surface area (Å²) in [5, 5.41) is 0. The maximum atomic E-state index is 11.2. The van der Waals surface area contributed by atoms with Crippen LogP contribution in [0.2, 0.25) is 0 Å². The molecule has 4 nitrogen and oxygen atoms in total. The fourth-order valence-electron chi connectivity index (χ4n) is 1.34. The minimum absolute atomic E-state index is 0.00245. The molecule has 0 N–H and O–H groups in total. The van der Waals surface area contributed by atoms with E-state index in [1.54, 1.807) is 12.0 Å². The monoisotopic (exact) mass is 185 g/mol. The van der Waals surface area contributed by atoms with Crippen LogP contribution < -0.4 is 0 Å². The summed E-state index contributed by atoms with van der Waals surface area (Å²) < 4.78 is 10.3. The van der Waals surface area contributed by atoms with E-state index in [2.05, 4.69) is 6.58 Å². The molecule has 1 amide bonds. The Morgan fingerprint density at radius 3 is 3.23 bits per heavy atom. The molecule has 0 bridgehead atoms. The summed E-state index contributed by atoms with van der Waals surface area (Å²) in [6.07, 6.45) is 1.33. The van der Waals surface area contributed by atoms with E-state index in [1.165, 1.54) is 6.08 Å². The Morgan fingerprint density at radius 1 is 1.85 bits per heavy atom. The molecule has 13 heavy (non-hydrogen) atoms. The molecule has 0 spiro atoms. The van der Waals surface area contributed by atoms with Gasteiger partial charge in [-0.15, -0.1) is 0 Å². The van der Waals surface area contributed by atoms with Crippen molar-refractivity contribution in [3.05, 3.63) is 12.7 Å². The van der Waals surface area contributed by atoms with E-state index < -0.39 is 0 Å². The molecule has 74 valence electrons. The van der Waals surface area contributed by atoms with Gasteiger partial charge in [-0.25, -0.2) is 0 Å². The van der Waals surface area contributed by atoms with Crippen molar-refractivity contribution in [2.75, 3.05) is 33.4 Å². The molecule has 0 aliphatic carbocycles. The van der Waals surface area contributed by atoms with Crippen molar-refractivity contribution in [3.8, 4) is 0 Å². The van der Waals surface area contributed by atoms with Crippen LogP contribution in [0.25, 0.3) is 0 Å².